The van der Waals surface area contributed by atoms with Gasteiger partial charge in [-0.15, -0.1) is 0 Å². The maximum Gasteiger partial charge on any atom is 0.323 e. The smallest absolute Gasteiger partial charge is 0.323 e. The Hall–Kier alpha value is -2.94. The number of esters is 4. The minimum Gasteiger partial charge on any atom is -0.459 e. The molecule has 1 rings (SSSR count). The van der Waals surface area contributed by atoms with Crippen LogP contribution in [0.1, 0.15) is 86.1 Å². The van der Waals surface area contributed by atoms with E-state index in [-0.39, 0.29) is 42.1 Å². The van der Waals surface area contributed by atoms with Crippen LogP contribution < -0.4 is 15.2 Å². The predicted molar refractivity (Wildman–Crippen MR) is 139 cm³/mol. The lowest BCUT2D eigenvalue weighted by molar-refractivity contribution is -0.166. The van der Waals surface area contributed by atoms with Gasteiger partial charge in [-0.3, -0.25) is 19.2 Å². The molecule has 0 radical (unpaired) electrons. The van der Waals surface area contributed by atoms with E-state index in [1.807, 2.05) is 13.8 Å². The molecule has 2 unspecified atom stereocenters. The van der Waals surface area contributed by atoms with Crippen LogP contribution in [0.4, 0.5) is 0 Å². The highest BCUT2D eigenvalue weighted by molar-refractivity contribution is 5.79. The molecule has 0 amide bonds. The first-order valence-electron chi connectivity index (χ1n) is 13.1. The highest BCUT2D eigenvalue weighted by atomic mass is 16.6. The lowest BCUT2D eigenvalue weighted by Gasteiger charge is -2.22. The van der Waals surface area contributed by atoms with Gasteiger partial charge < -0.3 is 24.7 Å². The number of rotatable bonds is 15. The van der Waals surface area contributed by atoms with E-state index in [1.54, 1.807) is 46.8 Å². The number of benzene rings is 1. The fourth-order valence-electron chi connectivity index (χ4n) is 3.45. The largest absolute Gasteiger partial charge is 0.459 e. The summed E-state index contributed by atoms with van der Waals surface area (Å²) in [5, 5.41) is 0. The molecule has 0 aromatic heterocycles. The van der Waals surface area contributed by atoms with E-state index in [0.717, 1.165) is 12.8 Å². The quantitative estimate of drug-likeness (QED) is 0.261. The van der Waals surface area contributed by atoms with E-state index < -0.39 is 36.2 Å². The highest BCUT2D eigenvalue weighted by Gasteiger charge is 2.25. The SMILES string of the molecule is CCCC(C)C(=O)Oc1ccc(C[C@H](N)C(=O)O[C@@H](C)[C@H](C)OC(=O)CC)cc1OC(=O)C(C)CCC. The minimum atomic E-state index is -1.02. The molecule has 0 bridgehead atoms. The molecule has 0 spiro atoms. The van der Waals surface area contributed by atoms with Crippen molar-refractivity contribution in [3.8, 4) is 11.5 Å². The molecule has 37 heavy (non-hydrogen) atoms. The van der Waals surface area contributed by atoms with E-state index >= 15 is 0 Å². The van der Waals surface area contributed by atoms with Gasteiger partial charge in [0.25, 0.3) is 0 Å². The zero-order chi connectivity index (χ0) is 28.1. The predicted octanol–water partition coefficient (Wildman–Crippen LogP) is 4.51. The Bertz CT molecular complexity index is 915. The molecule has 0 aliphatic heterocycles. The van der Waals surface area contributed by atoms with Crippen LogP contribution in [-0.2, 0) is 35.1 Å². The third-order valence-electron chi connectivity index (χ3n) is 6.00. The second-order valence-electron chi connectivity index (χ2n) is 9.50. The molecule has 9 nitrogen and oxygen atoms in total. The molecule has 2 N–H and O–H groups in total. The van der Waals surface area contributed by atoms with Crippen molar-refractivity contribution >= 4 is 23.9 Å². The molecular weight excluding hydrogens is 478 g/mol. The fraction of sp³-hybridized carbons (Fsp3) is 0.643. The number of hydrogen-bond acceptors (Lipinski definition) is 9. The average molecular weight is 522 g/mol. The standard InChI is InChI=1S/C28H43NO8/c1-8-11-17(4)26(31)36-23-14-13-21(16-24(23)37-27(32)18(5)12-9-2)15-22(29)28(33)35-20(7)19(6)34-25(30)10-3/h13-14,16-20,22H,8-12,15,29H2,1-7H3/t17?,18?,19-,20-,22-/m0/s1. The van der Waals surface area contributed by atoms with Gasteiger partial charge in [0.2, 0.25) is 0 Å². The average Bonchev–Trinajstić information content (AvgIpc) is 2.85. The Morgan fingerprint density at radius 2 is 1.27 bits per heavy atom. The minimum absolute atomic E-state index is 0.0875. The van der Waals surface area contributed by atoms with Crippen molar-refractivity contribution in [1.29, 1.82) is 0 Å². The summed E-state index contributed by atoms with van der Waals surface area (Å²) < 4.78 is 21.7. The van der Waals surface area contributed by atoms with E-state index in [4.69, 9.17) is 24.7 Å². The van der Waals surface area contributed by atoms with Gasteiger partial charge in [-0.25, -0.2) is 0 Å². The van der Waals surface area contributed by atoms with Gasteiger partial charge >= 0.3 is 23.9 Å². The maximum absolute atomic E-state index is 12.6. The van der Waals surface area contributed by atoms with Gasteiger partial charge in [-0.2, -0.15) is 0 Å². The third kappa shape index (κ3) is 10.9. The van der Waals surface area contributed by atoms with Crippen molar-refractivity contribution in [1.82, 2.24) is 0 Å². The second-order valence-corrected chi connectivity index (χ2v) is 9.50. The van der Waals surface area contributed by atoms with E-state index in [2.05, 4.69) is 0 Å². The maximum atomic E-state index is 12.6. The number of ether oxygens (including phenoxy) is 4. The number of carbonyl (C=O) groups is 4. The molecule has 1 aromatic carbocycles. The first-order valence-corrected chi connectivity index (χ1v) is 13.1. The lowest BCUT2D eigenvalue weighted by Crippen LogP contribution is -2.39. The van der Waals surface area contributed by atoms with Crippen molar-refractivity contribution in [2.24, 2.45) is 17.6 Å². The highest BCUT2D eigenvalue weighted by Crippen LogP contribution is 2.31. The van der Waals surface area contributed by atoms with Crippen LogP contribution in [-0.4, -0.2) is 42.1 Å². The van der Waals surface area contributed by atoms with Crippen molar-refractivity contribution < 1.29 is 38.1 Å². The Balaban J connectivity index is 3.02. The second kappa shape index (κ2) is 16.0. The van der Waals surface area contributed by atoms with Gasteiger partial charge in [0.1, 0.15) is 18.2 Å². The molecular formula is C28H43NO8. The van der Waals surface area contributed by atoms with Crippen LogP contribution in [0.15, 0.2) is 18.2 Å². The van der Waals surface area contributed by atoms with Crippen LogP contribution in [0.2, 0.25) is 0 Å². The van der Waals surface area contributed by atoms with Crippen LogP contribution in [0.25, 0.3) is 0 Å². The molecule has 0 fully saturated rings. The summed E-state index contributed by atoms with van der Waals surface area (Å²) in [6, 6.07) is 3.72. The van der Waals surface area contributed by atoms with E-state index in [1.165, 1.54) is 6.07 Å². The Morgan fingerprint density at radius 1 is 0.757 bits per heavy atom. The van der Waals surface area contributed by atoms with Crippen molar-refractivity contribution in [3.05, 3.63) is 23.8 Å². The number of hydrogen-bond donors (Lipinski definition) is 1. The molecule has 208 valence electrons. The fourth-order valence-corrected chi connectivity index (χ4v) is 3.45. The topological polar surface area (TPSA) is 131 Å². The monoisotopic (exact) mass is 521 g/mol. The summed E-state index contributed by atoms with van der Waals surface area (Å²) in [6.07, 6.45) is 1.98. The van der Waals surface area contributed by atoms with Crippen LogP contribution in [0.5, 0.6) is 11.5 Å². The third-order valence-corrected chi connectivity index (χ3v) is 6.00. The van der Waals surface area contributed by atoms with Crippen molar-refractivity contribution in [2.75, 3.05) is 0 Å². The number of carbonyl (C=O) groups excluding carboxylic acids is 4. The van der Waals surface area contributed by atoms with Crippen LogP contribution in [0, 0.1) is 11.8 Å². The van der Waals surface area contributed by atoms with Gasteiger partial charge in [0.05, 0.1) is 11.8 Å². The number of nitrogens with two attached hydrogens (primary N) is 1. The summed E-state index contributed by atoms with van der Waals surface area (Å²) in [7, 11) is 0. The normalized spacial score (nSPS) is 15.0. The molecule has 0 aliphatic carbocycles. The Morgan fingerprint density at radius 3 is 1.78 bits per heavy atom. The van der Waals surface area contributed by atoms with Crippen molar-refractivity contribution in [3.63, 3.8) is 0 Å². The summed E-state index contributed by atoms with van der Waals surface area (Å²) in [5.41, 5.74) is 6.67. The van der Waals surface area contributed by atoms with Gasteiger partial charge in [0, 0.05) is 6.42 Å². The Labute approximate surface area is 220 Å². The summed E-state index contributed by atoms with van der Waals surface area (Å²) in [5.74, 6) is -2.32. The van der Waals surface area contributed by atoms with Crippen molar-refractivity contribution in [2.45, 2.75) is 105 Å². The molecule has 1 aromatic rings. The zero-order valence-corrected chi connectivity index (χ0v) is 23.2. The van der Waals surface area contributed by atoms with Gasteiger partial charge in [0.15, 0.2) is 11.5 Å². The van der Waals surface area contributed by atoms with Crippen LogP contribution in [0.3, 0.4) is 0 Å². The molecule has 9 heteroatoms. The molecule has 0 saturated carbocycles. The summed E-state index contributed by atoms with van der Waals surface area (Å²) in [4.78, 5) is 49.1. The molecule has 0 heterocycles. The summed E-state index contributed by atoms with van der Waals surface area (Å²) in [6.45, 7) is 12.4. The van der Waals surface area contributed by atoms with Crippen LogP contribution >= 0.6 is 0 Å². The van der Waals surface area contributed by atoms with Gasteiger partial charge in [-0.05, 0) is 50.8 Å². The Kier molecular flexibility index (Phi) is 13.9. The lowest BCUT2D eigenvalue weighted by atomic mass is 10.0. The zero-order valence-electron chi connectivity index (χ0n) is 23.2. The first-order chi connectivity index (χ1) is 17.4. The molecule has 5 atom stereocenters. The van der Waals surface area contributed by atoms with Gasteiger partial charge in [-0.1, -0.05) is 53.5 Å². The molecule has 0 aliphatic rings. The molecule has 0 saturated heterocycles. The first kappa shape index (κ1) is 32.1. The summed E-state index contributed by atoms with van der Waals surface area (Å²) >= 11 is 0. The van der Waals surface area contributed by atoms with E-state index in [9.17, 15) is 19.2 Å². The van der Waals surface area contributed by atoms with E-state index in [0.29, 0.717) is 18.4 Å².